The number of nitrogens with one attached hydrogen (secondary N) is 1. The van der Waals surface area contributed by atoms with Gasteiger partial charge >= 0.3 is 0 Å². The molecule has 2 aromatic heterocycles. The zero-order valence-electron chi connectivity index (χ0n) is 19.8. The van der Waals surface area contributed by atoms with Crippen molar-refractivity contribution < 1.29 is 4.79 Å². The van der Waals surface area contributed by atoms with Crippen molar-refractivity contribution in [2.24, 2.45) is 7.05 Å². The Kier molecular flexibility index (Phi) is 6.20. The topological polar surface area (TPSA) is 72.2 Å². The molecule has 176 valence electrons. The SMILES string of the molecule is CC[C@@H](C(=O)NC1CCN(Cc2ccccc2)CC1)n1c2ccccc2c2cnn(C)c(=O)c21. The van der Waals surface area contributed by atoms with Crippen LogP contribution in [-0.2, 0) is 18.4 Å². The standard InChI is InChI=1S/C27H31N5O2/c1-3-23(26(33)29-20-13-15-31(16-14-20)18-19-9-5-4-6-10-19)32-24-12-8-7-11-21(24)22-17-28-30(2)27(34)25(22)32/h4-12,17,20,23H,3,13-16,18H2,1-2H3,(H,29,33)/t23-/m0/s1. The van der Waals surface area contributed by atoms with Gasteiger partial charge in [-0.25, -0.2) is 4.68 Å². The van der Waals surface area contributed by atoms with Crippen molar-refractivity contribution >= 4 is 27.7 Å². The number of hydrogen-bond acceptors (Lipinski definition) is 4. The molecule has 7 nitrogen and oxygen atoms in total. The lowest BCUT2D eigenvalue weighted by molar-refractivity contribution is -0.125. The van der Waals surface area contributed by atoms with Crippen LogP contribution in [0.2, 0.25) is 0 Å². The number of fused-ring (bicyclic) bond motifs is 3. The molecule has 34 heavy (non-hydrogen) atoms. The summed E-state index contributed by atoms with van der Waals surface area (Å²) in [6, 6.07) is 18.1. The average molecular weight is 458 g/mol. The Morgan fingerprint density at radius 3 is 2.50 bits per heavy atom. The van der Waals surface area contributed by atoms with Gasteiger partial charge in [0.1, 0.15) is 11.6 Å². The molecule has 1 atom stereocenters. The number of hydrogen-bond donors (Lipinski definition) is 1. The van der Waals surface area contributed by atoms with Crippen LogP contribution in [0.4, 0.5) is 0 Å². The van der Waals surface area contributed by atoms with Crippen LogP contribution in [0.5, 0.6) is 0 Å². The Balaban J connectivity index is 1.36. The minimum absolute atomic E-state index is 0.0227. The summed E-state index contributed by atoms with van der Waals surface area (Å²) in [4.78, 5) is 29.1. The number of likely N-dealkylation sites (tertiary alicyclic amines) is 1. The summed E-state index contributed by atoms with van der Waals surface area (Å²) in [5, 5.41) is 9.25. The first kappa shape index (κ1) is 22.3. The first-order chi connectivity index (χ1) is 16.6. The van der Waals surface area contributed by atoms with E-state index in [0.29, 0.717) is 11.9 Å². The molecule has 0 bridgehead atoms. The molecule has 0 radical (unpaired) electrons. The molecule has 1 N–H and O–H groups in total. The molecular formula is C27H31N5O2. The van der Waals surface area contributed by atoms with Crippen molar-refractivity contribution in [3.63, 3.8) is 0 Å². The predicted molar refractivity (Wildman–Crippen MR) is 135 cm³/mol. The zero-order valence-corrected chi connectivity index (χ0v) is 19.8. The van der Waals surface area contributed by atoms with Crippen molar-refractivity contribution in [1.29, 1.82) is 0 Å². The first-order valence-corrected chi connectivity index (χ1v) is 12.1. The predicted octanol–water partition coefficient (Wildman–Crippen LogP) is 3.62. The number of carbonyl (C=O) groups excluding carboxylic acids is 1. The van der Waals surface area contributed by atoms with E-state index in [9.17, 15) is 9.59 Å². The maximum Gasteiger partial charge on any atom is 0.291 e. The summed E-state index contributed by atoms with van der Waals surface area (Å²) in [7, 11) is 1.65. The van der Waals surface area contributed by atoms with Gasteiger partial charge in [0, 0.05) is 43.5 Å². The lowest BCUT2D eigenvalue weighted by Crippen LogP contribution is -2.46. The third-order valence-corrected chi connectivity index (χ3v) is 6.99. The number of amides is 1. The molecule has 1 fully saturated rings. The summed E-state index contributed by atoms with van der Waals surface area (Å²) in [5.41, 5.74) is 2.56. The highest BCUT2D eigenvalue weighted by Crippen LogP contribution is 2.31. The zero-order chi connectivity index (χ0) is 23.7. The highest BCUT2D eigenvalue weighted by Gasteiger charge is 2.28. The van der Waals surface area contributed by atoms with Crippen LogP contribution < -0.4 is 10.9 Å². The molecule has 1 aliphatic rings. The highest BCUT2D eigenvalue weighted by atomic mass is 16.2. The average Bonchev–Trinajstić information content (AvgIpc) is 3.19. The van der Waals surface area contributed by atoms with Crippen LogP contribution in [0.1, 0.15) is 37.8 Å². The third-order valence-electron chi connectivity index (χ3n) is 6.99. The maximum absolute atomic E-state index is 13.5. The lowest BCUT2D eigenvalue weighted by atomic mass is 10.0. The van der Waals surface area contributed by atoms with Gasteiger partial charge in [0.2, 0.25) is 5.91 Å². The Bertz CT molecular complexity index is 1370. The fraction of sp³-hybridized carbons (Fsp3) is 0.370. The molecule has 2 aromatic carbocycles. The minimum atomic E-state index is -0.458. The van der Waals surface area contributed by atoms with E-state index in [2.05, 4.69) is 39.6 Å². The molecule has 5 rings (SSSR count). The first-order valence-electron chi connectivity index (χ1n) is 12.1. The quantitative estimate of drug-likeness (QED) is 0.480. The van der Waals surface area contributed by atoms with Gasteiger partial charge in [0.25, 0.3) is 5.56 Å². The van der Waals surface area contributed by atoms with Crippen LogP contribution in [0.25, 0.3) is 21.8 Å². The van der Waals surface area contributed by atoms with Gasteiger partial charge < -0.3 is 9.88 Å². The third kappa shape index (κ3) is 4.12. The molecule has 0 unspecified atom stereocenters. The minimum Gasteiger partial charge on any atom is -0.351 e. The number of nitrogens with zero attached hydrogens (tertiary/aromatic N) is 4. The van der Waals surface area contributed by atoms with Gasteiger partial charge in [-0.15, -0.1) is 0 Å². The number of aryl methyl sites for hydroxylation is 1. The Hall–Kier alpha value is -3.45. The van der Waals surface area contributed by atoms with E-state index in [1.165, 1.54) is 10.2 Å². The number of carbonyl (C=O) groups is 1. The van der Waals surface area contributed by atoms with Crippen LogP contribution in [0.3, 0.4) is 0 Å². The molecule has 0 aliphatic carbocycles. The monoisotopic (exact) mass is 457 g/mol. The Morgan fingerprint density at radius 1 is 1.06 bits per heavy atom. The smallest absolute Gasteiger partial charge is 0.291 e. The van der Waals surface area contributed by atoms with Crippen molar-refractivity contribution in [3.8, 4) is 0 Å². The van der Waals surface area contributed by atoms with Crippen molar-refractivity contribution in [2.45, 2.75) is 44.8 Å². The van der Waals surface area contributed by atoms with Crippen LogP contribution in [0, 0.1) is 0 Å². The Morgan fingerprint density at radius 2 is 1.76 bits per heavy atom. The van der Waals surface area contributed by atoms with Crippen molar-refractivity contribution in [2.75, 3.05) is 13.1 Å². The van der Waals surface area contributed by atoms with Crippen LogP contribution in [0.15, 0.2) is 65.6 Å². The van der Waals surface area contributed by atoms with E-state index >= 15 is 0 Å². The van der Waals surface area contributed by atoms with Crippen molar-refractivity contribution in [3.05, 3.63) is 76.7 Å². The largest absolute Gasteiger partial charge is 0.351 e. The molecule has 0 saturated carbocycles. The van der Waals surface area contributed by atoms with E-state index in [-0.39, 0.29) is 17.5 Å². The summed E-state index contributed by atoms with van der Waals surface area (Å²) in [6.45, 7) is 4.85. The second-order valence-electron chi connectivity index (χ2n) is 9.19. The molecule has 1 amide bonds. The second-order valence-corrected chi connectivity index (χ2v) is 9.19. The molecular weight excluding hydrogens is 426 g/mol. The lowest BCUT2D eigenvalue weighted by Gasteiger charge is -2.33. The summed E-state index contributed by atoms with van der Waals surface area (Å²) >= 11 is 0. The van der Waals surface area contributed by atoms with Crippen molar-refractivity contribution in [1.82, 2.24) is 24.6 Å². The normalized spacial score (nSPS) is 16.2. The summed E-state index contributed by atoms with van der Waals surface area (Å²) in [5.74, 6) is -0.0227. The number of aromatic nitrogens is 3. The highest BCUT2D eigenvalue weighted by molar-refractivity contribution is 6.08. The van der Waals surface area contributed by atoms with Gasteiger partial charge in [-0.3, -0.25) is 14.5 Å². The maximum atomic E-state index is 13.5. The molecule has 3 heterocycles. The van der Waals surface area contributed by atoms with E-state index in [4.69, 9.17) is 0 Å². The molecule has 1 aliphatic heterocycles. The summed E-state index contributed by atoms with van der Waals surface area (Å²) in [6.07, 6.45) is 4.17. The van der Waals surface area contributed by atoms with E-state index < -0.39 is 6.04 Å². The fourth-order valence-corrected chi connectivity index (χ4v) is 5.17. The van der Waals surface area contributed by atoms with Gasteiger partial charge in [0.05, 0.1) is 11.7 Å². The molecule has 1 saturated heterocycles. The van der Waals surface area contributed by atoms with Crippen LogP contribution >= 0.6 is 0 Å². The Labute approximate surface area is 199 Å². The number of benzene rings is 2. The van der Waals surface area contributed by atoms with Gasteiger partial charge in [-0.2, -0.15) is 5.10 Å². The number of piperidine rings is 1. The number of para-hydroxylation sites is 1. The van der Waals surface area contributed by atoms with Gasteiger partial charge in [-0.1, -0.05) is 55.5 Å². The molecule has 0 spiro atoms. The van der Waals surface area contributed by atoms with E-state index in [1.807, 2.05) is 41.8 Å². The van der Waals surface area contributed by atoms with Crippen LogP contribution in [-0.4, -0.2) is 44.3 Å². The van der Waals surface area contributed by atoms with E-state index in [1.54, 1.807) is 13.2 Å². The number of rotatable bonds is 6. The molecule has 4 aromatic rings. The van der Waals surface area contributed by atoms with E-state index in [0.717, 1.165) is 48.8 Å². The second kappa shape index (κ2) is 9.43. The van der Waals surface area contributed by atoms with Gasteiger partial charge in [-0.05, 0) is 30.9 Å². The van der Waals surface area contributed by atoms with Gasteiger partial charge in [0.15, 0.2) is 0 Å². The summed E-state index contributed by atoms with van der Waals surface area (Å²) < 4.78 is 3.26. The molecule has 7 heteroatoms. The fourth-order valence-electron chi connectivity index (χ4n) is 5.17.